The molecule has 1 amide bonds. The number of H-pyrrole nitrogens is 1. The second-order valence-corrected chi connectivity index (χ2v) is 8.83. The molecule has 10 nitrogen and oxygen atoms in total. The zero-order valence-electron chi connectivity index (χ0n) is 17.1. The molecule has 0 aliphatic rings. The highest BCUT2D eigenvalue weighted by atomic mass is 35.5. The molecule has 0 fully saturated rings. The van der Waals surface area contributed by atoms with E-state index in [1.54, 1.807) is 36.9 Å². The van der Waals surface area contributed by atoms with Gasteiger partial charge >= 0.3 is 0 Å². The Morgan fingerprint density at radius 2 is 2.00 bits per heavy atom. The molecule has 0 atom stereocenters. The first kappa shape index (κ1) is 21.7. The molecule has 0 spiro atoms. The van der Waals surface area contributed by atoms with E-state index in [9.17, 15) is 9.90 Å². The van der Waals surface area contributed by atoms with Crippen molar-refractivity contribution in [3.05, 3.63) is 64.4 Å². The standard InChI is InChI=1S/C20H19ClN8O2S/c1-20(2,15-13(21)4-3-5-22-15)29-18-25-6-11(7-26-18)17-24-9-12(32-17)8-23-16(30)14-10-27-19(31)28-14/h3-7,9-10H,8H2,1-2H3,(H,23,30)(H,25,26,29)(H2,27,28,31). The van der Waals surface area contributed by atoms with Gasteiger partial charge in [-0.25, -0.2) is 15.0 Å². The van der Waals surface area contributed by atoms with Gasteiger partial charge in [0.2, 0.25) is 5.95 Å². The third kappa shape index (κ3) is 4.84. The molecule has 4 rings (SSSR count). The van der Waals surface area contributed by atoms with Crippen molar-refractivity contribution in [2.24, 2.45) is 0 Å². The molecule has 0 aliphatic carbocycles. The van der Waals surface area contributed by atoms with Crippen molar-refractivity contribution in [1.29, 1.82) is 0 Å². The minimum absolute atomic E-state index is 0.110. The van der Waals surface area contributed by atoms with Crippen LogP contribution in [0.3, 0.4) is 0 Å². The van der Waals surface area contributed by atoms with Crippen LogP contribution in [0.25, 0.3) is 10.6 Å². The average Bonchev–Trinajstić information content (AvgIpc) is 3.42. The van der Waals surface area contributed by atoms with E-state index in [2.05, 4.69) is 40.5 Å². The van der Waals surface area contributed by atoms with Crippen molar-refractivity contribution < 1.29 is 9.90 Å². The molecule has 4 N–H and O–H groups in total. The van der Waals surface area contributed by atoms with Crippen molar-refractivity contribution in [3.63, 3.8) is 0 Å². The maximum atomic E-state index is 12.0. The van der Waals surface area contributed by atoms with Gasteiger partial charge in [-0.3, -0.25) is 9.78 Å². The van der Waals surface area contributed by atoms with Gasteiger partial charge in [0, 0.05) is 41.4 Å². The summed E-state index contributed by atoms with van der Waals surface area (Å²) < 4.78 is 0. The van der Waals surface area contributed by atoms with Crippen LogP contribution in [0, 0.1) is 0 Å². The number of halogens is 1. The Morgan fingerprint density at radius 1 is 1.22 bits per heavy atom. The molecule has 164 valence electrons. The lowest BCUT2D eigenvalue weighted by molar-refractivity contribution is 0.0946. The van der Waals surface area contributed by atoms with E-state index in [1.807, 2.05) is 13.8 Å². The van der Waals surface area contributed by atoms with E-state index in [0.29, 0.717) is 16.7 Å². The van der Waals surface area contributed by atoms with Crippen LogP contribution in [0.5, 0.6) is 6.01 Å². The van der Waals surface area contributed by atoms with Crippen LogP contribution in [0.1, 0.15) is 34.9 Å². The van der Waals surface area contributed by atoms with E-state index in [1.165, 1.54) is 17.5 Å². The number of carbonyl (C=O) groups excluding carboxylic acids is 1. The normalized spacial score (nSPS) is 11.3. The van der Waals surface area contributed by atoms with Gasteiger partial charge in [-0.15, -0.1) is 11.3 Å². The lowest BCUT2D eigenvalue weighted by atomic mass is 10.00. The summed E-state index contributed by atoms with van der Waals surface area (Å²) in [6.45, 7) is 4.18. The smallest absolute Gasteiger partial charge is 0.291 e. The Hall–Kier alpha value is -3.57. The highest BCUT2D eigenvalue weighted by Crippen LogP contribution is 2.29. The van der Waals surface area contributed by atoms with Crippen molar-refractivity contribution in [1.82, 2.24) is 35.2 Å². The number of aromatic nitrogens is 6. The number of amides is 1. The Balaban J connectivity index is 1.40. The summed E-state index contributed by atoms with van der Waals surface area (Å²) in [6.07, 6.45) is 8.06. The zero-order valence-corrected chi connectivity index (χ0v) is 18.7. The van der Waals surface area contributed by atoms with Gasteiger partial charge in [-0.2, -0.15) is 4.98 Å². The van der Waals surface area contributed by atoms with Gasteiger partial charge in [0.25, 0.3) is 11.9 Å². The van der Waals surface area contributed by atoms with E-state index in [0.717, 1.165) is 15.4 Å². The SMILES string of the molecule is CC(C)(Nc1ncc(-c2ncc(CNC(=O)c3c[nH]c(O)n3)s2)cn1)c1ncccc1Cl. The van der Waals surface area contributed by atoms with Crippen molar-refractivity contribution in [2.45, 2.75) is 25.9 Å². The van der Waals surface area contributed by atoms with Crippen LogP contribution in [-0.4, -0.2) is 40.9 Å². The molecule has 0 radical (unpaired) electrons. The first-order chi connectivity index (χ1) is 15.3. The van der Waals surface area contributed by atoms with Gasteiger partial charge in [-0.05, 0) is 26.0 Å². The van der Waals surface area contributed by atoms with Crippen LogP contribution in [-0.2, 0) is 12.1 Å². The third-order valence-electron chi connectivity index (χ3n) is 4.45. The van der Waals surface area contributed by atoms with Gasteiger partial charge in [-0.1, -0.05) is 11.6 Å². The number of nitrogens with one attached hydrogen (secondary N) is 3. The summed E-state index contributed by atoms with van der Waals surface area (Å²) in [5.41, 5.74) is 0.992. The number of thiazole rings is 1. The number of nitrogens with zero attached hydrogens (tertiary/aromatic N) is 5. The van der Waals surface area contributed by atoms with Crippen LogP contribution < -0.4 is 10.6 Å². The number of anilines is 1. The molecule has 4 aromatic heterocycles. The quantitative estimate of drug-likeness (QED) is 0.322. The number of rotatable bonds is 7. The number of carbonyl (C=O) groups is 1. The lowest BCUT2D eigenvalue weighted by Crippen LogP contribution is -2.30. The highest BCUT2D eigenvalue weighted by Gasteiger charge is 2.25. The third-order valence-corrected chi connectivity index (χ3v) is 5.80. The van der Waals surface area contributed by atoms with E-state index >= 15 is 0 Å². The molecule has 0 saturated carbocycles. The average molecular weight is 471 g/mol. The number of hydrogen-bond acceptors (Lipinski definition) is 9. The van der Waals surface area contributed by atoms with E-state index < -0.39 is 11.4 Å². The molecule has 0 saturated heterocycles. The topological polar surface area (TPSA) is 142 Å². The van der Waals surface area contributed by atoms with Crippen LogP contribution >= 0.6 is 22.9 Å². The second-order valence-electron chi connectivity index (χ2n) is 7.30. The highest BCUT2D eigenvalue weighted by molar-refractivity contribution is 7.15. The van der Waals surface area contributed by atoms with Gasteiger partial charge < -0.3 is 20.7 Å². The van der Waals surface area contributed by atoms with Crippen LogP contribution in [0.15, 0.2) is 43.1 Å². The minimum atomic E-state index is -0.572. The number of hydrogen-bond donors (Lipinski definition) is 4. The Kier molecular flexibility index (Phi) is 6.01. The monoisotopic (exact) mass is 470 g/mol. The fourth-order valence-electron chi connectivity index (χ4n) is 2.90. The summed E-state index contributed by atoms with van der Waals surface area (Å²) in [7, 11) is 0. The van der Waals surface area contributed by atoms with E-state index in [4.69, 9.17) is 11.6 Å². The summed E-state index contributed by atoms with van der Waals surface area (Å²) in [4.78, 5) is 36.5. The number of imidazole rings is 1. The van der Waals surface area contributed by atoms with Crippen LogP contribution in [0.4, 0.5) is 5.95 Å². The predicted octanol–water partition coefficient (Wildman–Crippen LogP) is 3.35. The fraction of sp³-hybridized carbons (Fsp3) is 0.200. The minimum Gasteiger partial charge on any atom is -0.480 e. The molecule has 0 aliphatic heterocycles. The fourth-order valence-corrected chi connectivity index (χ4v) is 4.08. The first-order valence-corrected chi connectivity index (χ1v) is 10.7. The van der Waals surface area contributed by atoms with Crippen molar-refractivity contribution in [2.75, 3.05) is 5.32 Å². The zero-order chi connectivity index (χ0) is 22.7. The Labute approximate surface area is 192 Å². The van der Waals surface area contributed by atoms with Crippen LogP contribution in [0.2, 0.25) is 5.02 Å². The second kappa shape index (κ2) is 8.89. The molecule has 0 bridgehead atoms. The maximum Gasteiger partial charge on any atom is 0.291 e. The predicted molar refractivity (Wildman–Crippen MR) is 120 cm³/mol. The summed E-state index contributed by atoms with van der Waals surface area (Å²) >= 11 is 7.69. The van der Waals surface area contributed by atoms with Gasteiger partial charge in [0.15, 0.2) is 0 Å². The molecule has 0 aromatic carbocycles. The molecular weight excluding hydrogens is 452 g/mol. The van der Waals surface area contributed by atoms with Crippen molar-refractivity contribution >= 4 is 34.8 Å². The van der Waals surface area contributed by atoms with Gasteiger partial charge in [0.1, 0.15) is 10.7 Å². The molecule has 12 heteroatoms. The summed E-state index contributed by atoms with van der Waals surface area (Å²) in [6, 6.07) is 3.26. The number of aromatic hydroxyl groups is 1. The number of pyridine rings is 1. The Bertz CT molecular complexity index is 1240. The summed E-state index contributed by atoms with van der Waals surface area (Å²) in [5.74, 6) is 0.0395. The maximum absolute atomic E-state index is 12.0. The molecule has 0 unspecified atom stereocenters. The van der Waals surface area contributed by atoms with E-state index in [-0.39, 0.29) is 18.2 Å². The summed E-state index contributed by atoms with van der Waals surface area (Å²) in [5, 5.41) is 16.5. The lowest BCUT2D eigenvalue weighted by Gasteiger charge is -2.26. The molecule has 4 aromatic rings. The first-order valence-electron chi connectivity index (χ1n) is 9.51. The molecule has 4 heterocycles. The molecule has 32 heavy (non-hydrogen) atoms. The number of aromatic amines is 1. The largest absolute Gasteiger partial charge is 0.480 e. The Morgan fingerprint density at radius 3 is 2.69 bits per heavy atom. The van der Waals surface area contributed by atoms with Crippen molar-refractivity contribution in [3.8, 4) is 16.6 Å². The molecular formula is C20H19ClN8O2S. The van der Waals surface area contributed by atoms with Gasteiger partial charge in [0.05, 0.1) is 22.8 Å².